The molecule has 3 aliphatic rings. The zero-order chi connectivity index (χ0) is 10.8. The molecule has 0 radical (unpaired) electrons. The molecule has 1 aliphatic carbocycles. The van der Waals surface area contributed by atoms with Gasteiger partial charge in [0, 0.05) is 0 Å². The van der Waals surface area contributed by atoms with Crippen molar-refractivity contribution in [3.05, 3.63) is 49.0 Å². The van der Waals surface area contributed by atoms with Gasteiger partial charge in [-0.05, 0) is 12.2 Å². The molecule has 16 heavy (non-hydrogen) atoms. The molecular weight excluding hydrogens is 204 g/mol. The van der Waals surface area contributed by atoms with Gasteiger partial charge in [0.1, 0.15) is 11.9 Å². The second-order valence-electron chi connectivity index (χ2n) is 3.78. The van der Waals surface area contributed by atoms with E-state index in [1.165, 1.54) is 0 Å². The largest absolute Gasteiger partial charge is 0.473 e. The molecule has 0 spiro atoms. The van der Waals surface area contributed by atoms with Crippen molar-refractivity contribution in [2.45, 2.75) is 12.1 Å². The first-order valence-electron chi connectivity index (χ1n) is 5.27. The highest BCUT2D eigenvalue weighted by atomic mass is 16.7. The van der Waals surface area contributed by atoms with Gasteiger partial charge in [0.05, 0.1) is 24.5 Å². The van der Waals surface area contributed by atoms with Crippen LogP contribution >= 0.6 is 0 Å². The maximum absolute atomic E-state index is 5.41. The molecular formula is C12H12N2O2. The van der Waals surface area contributed by atoms with Crippen LogP contribution in [0.3, 0.4) is 0 Å². The van der Waals surface area contributed by atoms with E-state index in [0.717, 1.165) is 5.84 Å². The van der Waals surface area contributed by atoms with Crippen LogP contribution in [-0.4, -0.2) is 18.0 Å². The average Bonchev–Trinajstić information content (AvgIpc) is 2.74. The minimum absolute atomic E-state index is 0.0258. The van der Waals surface area contributed by atoms with E-state index >= 15 is 0 Å². The second kappa shape index (κ2) is 3.98. The second-order valence-corrected chi connectivity index (χ2v) is 3.78. The summed E-state index contributed by atoms with van der Waals surface area (Å²) in [5.41, 5.74) is 2.88. The summed E-state index contributed by atoms with van der Waals surface area (Å²) in [5, 5.41) is 0. The number of amidine groups is 1. The molecule has 0 amide bonds. The third-order valence-corrected chi connectivity index (χ3v) is 2.70. The molecule has 2 heterocycles. The van der Waals surface area contributed by atoms with Gasteiger partial charge in [-0.2, -0.15) is 0 Å². The molecule has 0 saturated carbocycles. The standard InChI is InChI=1S/C12H12N2O2/c1-2-4-11-10(3-1)12(14-16-11)13-9-5-7-15-8-6-9/h1-11H,(H,13,14). The predicted molar refractivity (Wildman–Crippen MR) is 60.4 cm³/mol. The van der Waals surface area contributed by atoms with E-state index in [1.54, 1.807) is 12.5 Å². The van der Waals surface area contributed by atoms with Gasteiger partial charge in [-0.15, -0.1) is 0 Å². The first-order chi connectivity index (χ1) is 7.93. The van der Waals surface area contributed by atoms with E-state index in [-0.39, 0.29) is 18.1 Å². The molecule has 2 atom stereocenters. The fourth-order valence-corrected chi connectivity index (χ4v) is 1.86. The molecule has 1 N–H and O–H groups in total. The Balaban J connectivity index is 1.80. The Morgan fingerprint density at radius 2 is 1.88 bits per heavy atom. The Morgan fingerprint density at radius 1 is 1.06 bits per heavy atom. The molecule has 0 aromatic heterocycles. The van der Waals surface area contributed by atoms with E-state index in [4.69, 9.17) is 9.57 Å². The molecule has 4 nitrogen and oxygen atoms in total. The predicted octanol–water partition coefficient (Wildman–Crippen LogP) is 1.46. The van der Waals surface area contributed by atoms with Crippen molar-refractivity contribution in [1.29, 1.82) is 0 Å². The van der Waals surface area contributed by atoms with Gasteiger partial charge in [0.15, 0.2) is 0 Å². The van der Waals surface area contributed by atoms with Crippen LogP contribution in [0.1, 0.15) is 0 Å². The van der Waals surface area contributed by atoms with Crippen molar-refractivity contribution >= 4 is 5.84 Å². The highest BCUT2D eigenvalue weighted by Crippen LogP contribution is 2.22. The van der Waals surface area contributed by atoms with Gasteiger partial charge in [0.2, 0.25) is 0 Å². The summed E-state index contributed by atoms with van der Waals surface area (Å²) in [6, 6.07) is 0.0258. The van der Waals surface area contributed by atoms with Crippen LogP contribution in [0, 0.1) is 5.92 Å². The number of fused-ring (bicyclic) bond motifs is 1. The lowest BCUT2D eigenvalue weighted by Gasteiger charge is -2.12. The molecule has 1 fully saturated rings. The van der Waals surface area contributed by atoms with Gasteiger partial charge >= 0.3 is 0 Å². The molecule has 0 bridgehead atoms. The number of hydroxylamine groups is 1. The Morgan fingerprint density at radius 3 is 2.75 bits per heavy atom. The van der Waals surface area contributed by atoms with Gasteiger partial charge < -0.3 is 4.74 Å². The maximum Gasteiger partial charge on any atom is 0.131 e. The van der Waals surface area contributed by atoms with Crippen molar-refractivity contribution in [2.75, 3.05) is 0 Å². The maximum atomic E-state index is 5.41. The Kier molecular flexibility index (Phi) is 2.34. The highest BCUT2D eigenvalue weighted by Gasteiger charge is 2.32. The van der Waals surface area contributed by atoms with Crippen molar-refractivity contribution < 1.29 is 9.57 Å². The van der Waals surface area contributed by atoms with Crippen molar-refractivity contribution in [2.24, 2.45) is 10.9 Å². The van der Waals surface area contributed by atoms with Crippen LogP contribution in [-0.2, 0) is 9.57 Å². The zero-order valence-corrected chi connectivity index (χ0v) is 8.61. The number of rotatable bonds is 1. The zero-order valence-electron chi connectivity index (χ0n) is 8.61. The number of hydrogen-bond acceptors (Lipinski definition) is 3. The van der Waals surface area contributed by atoms with Crippen LogP contribution in [0.2, 0.25) is 0 Å². The molecule has 3 rings (SSSR count). The quantitative estimate of drug-likeness (QED) is 0.721. The first kappa shape index (κ1) is 9.42. The molecule has 0 aromatic rings. The number of hydrogen-bond donors (Lipinski definition) is 1. The number of ether oxygens (including phenoxy) is 1. The lowest BCUT2D eigenvalue weighted by atomic mass is 9.97. The summed E-state index contributed by atoms with van der Waals surface area (Å²) in [7, 11) is 0. The lowest BCUT2D eigenvalue weighted by molar-refractivity contribution is 0.0650. The fourth-order valence-electron chi connectivity index (χ4n) is 1.86. The molecule has 2 unspecified atom stereocenters. The third-order valence-electron chi connectivity index (χ3n) is 2.70. The van der Waals surface area contributed by atoms with Crippen LogP contribution in [0.25, 0.3) is 0 Å². The SMILES string of the molecule is C1=CC2ONC(=NC3C=COC=C3)C2C=C1. The Bertz CT molecular complexity index is 409. The highest BCUT2D eigenvalue weighted by molar-refractivity contribution is 5.88. The number of nitrogens with zero attached hydrogens (tertiary/aromatic N) is 1. The molecule has 4 heteroatoms. The summed E-state index contributed by atoms with van der Waals surface area (Å²) in [5.74, 6) is 1.07. The minimum Gasteiger partial charge on any atom is -0.473 e. The number of aliphatic imine (C=N–C) groups is 1. The Hall–Kier alpha value is -1.81. The number of nitrogens with one attached hydrogen (secondary N) is 1. The van der Waals surface area contributed by atoms with Crippen LogP contribution in [0.5, 0.6) is 0 Å². The molecule has 0 aromatic carbocycles. The summed E-state index contributed by atoms with van der Waals surface area (Å²) in [4.78, 5) is 9.97. The van der Waals surface area contributed by atoms with E-state index < -0.39 is 0 Å². The lowest BCUT2D eigenvalue weighted by Crippen LogP contribution is -2.22. The van der Waals surface area contributed by atoms with Crippen LogP contribution in [0.15, 0.2) is 54.0 Å². The summed E-state index contributed by atoms with van der Waals surface area (Å²) in [6.07, 6.45) is 15.2. The van der Waals surface area contributed by atoms with Gasteiger partial charge in [-0.1, -0.05) is 24.3 Å². The van der Waals surface area contributed by atoms with Gasteiger partial charge in [0.25, 0.3) is 0 Å². The number of allylic oxidation sites excluding steroid dienone is 2. The topological polar surface area (TPSA) is 42.8 Å². The van der Waals surface area contributed by atoms with Gasteiger partial charge in [-0.25, -0.2) is 0 Å². The molecule has 82 valence electrons. The monoisotopic (exact) mass is 216 g/mol. The van der Waals surface area contributed by atoms with Gasteiger partial charge in [-0.3, -0.25) is 15.3 Å². The third kappa shape index (κ3) is 1.67. The summed E-state index contributed by atoms with van der Waals surface area (Å²) < 4.78 is 4.96. The minimum atomic E-state index is 0.0258. The summed E-state index contributed by atoms with van der Waals surface area (Å²) >= 11 is 0. The van der Waals surface area contributed by atoms with E-state index in [0.29, 0.717) is 0 Å². The average molecular weight is 216 g/mol. The summed E-state index contributed by atoms with van der Waals surface area (Å²) in [6.45, 7) is 0. The molecule has 1 saturated heterocycles. The smallest absolute Gasteiger partial charge is 0.131 e. The first-order valence-corrected chi connectivity index (χ1v) is 5.27. The fraction of sp³-hybridized carbons (Fsp3) is 0.250. The van der Waals surface area contributed by atoms with Crippen molar-refractivity contribution in [3.63, 3.8) is 0 Å². The van der Waals surface area contributed by atoms with E-state index in [1.807, 2.05) is 30.4 Å². The normalized spacial score (nSPS) is 33.9. The van der Waals surface area contributed by atoms with E-state index in [2.05, 4.69) is 16.5 Å². The molecule has 2 aliphatic heterocycles. The van der Waals surface area contributed by atoms with Crippen LogP contribution in [0.4, 0.5) is 0 Å². The van der Waals surface area contributed by atoms with Crippen molar-refractivity contribution in [3.8, 4) is 0 Å². The van der Waals surface area contributed by atoms with Crippen LogP contribution < -0.4 is 5.48 Å². The van der Waals surface area contributed by atoms with Crippen molar-refractivity contribution in [1.82, 2.24) is 5.48 Å². The Labute approximate surface area is 93.6 Å². The van der Waals surface area contributed by atoms with E-state index in [9.17, 15) is 0 Å².